The Bertz CT molecular complexity index is 801. The number of H-pyrrole nitrogens is 1. The number of hydrogen-bond acceptors (Lipinski definition) is 2. The minimum Gasteiger partial charge on any atom is -0.497 e. The van der Waals surface area contributed by atoms with Crippen molar-refractivity contribution in [1.29, 1.82) is 0 Å². The lowest BCUT2D eigenvalue weighted by Gasteiger charge is -2.32. The Kier molecular flexibility index (Phi) is 4.26. The molecule has 0 saturated carbocycles. The lowest BCUT2D eigenvalue weighted by atomic mass is 9.89. The highest BCUT2D eigenvalue weighted by Gasteiger charge is 2.23. The Morgan fingerprint density at radius 3 is 2.62 bits per heavy atom. The van der Waals surface area contributed by atoms with Crippen LogP contribution in [0.15, 0.2) is 54.7 Å². The van der Waals surface area contributed by atoms with Gasteiger partial charge in [0.15, 0.2) is 0 Å². The molecule has 1 aliphatic heterocycles. The molecule has 0 radical (unpaired) electrons. The standard InChI is InChI=1S/C21H24N2O/c1-24-18-7-8-21-19(13-18)20(14-22-21)17-9-11-23(12-10-17)15-16-5-3-2-4-6-16/h2-8,13-14,17,22H,9-12,15H2,1H3. The van der Waals surface area contributed by atoms with Crippen molar-refractivity contribution in [2.24, 2.45) is 0 Å². The van der Waals surface area contributed by atoms with Crippen molar-refractivity contribution in [3.63, 3.8) is 0 Å². The molecule has 3 heteroatoms. The van der Waals surface area contributed by atoms with Gasteiger partial charge in [-0.1, -0.05) is 30.3 Å². The van der Waals surface area contributed by atoms with Gasteiger partial charge in [0.05, 0.1) is 7.11 Å². The zero-order chi connectivity index (χ0) is 16.4. The van der Waals surface area contributed by atoms with Crippen LogP contribution in [0.2, 0.25) is 0 Å². The molecule has 0 spiro atoms. The summed E-state index contributed by atoms with van der Waals surface area (Å²) in [6, 6.07) is 17.1. The van der Waals surface area contributed by atoms with Crippen LogP contribution in [0.25, 0.3) is 10.9 Å². The number of rotatable bonds is 4. The Balaban J connectivity index is 1.46. The van der Waals surface area contributed by atoms with E-state index in [1.165, 1.54) is 34.9 Å². The summed E-state index contributed by atoms with van der Waals surface area (Å²) in [6.07, 6.45) is 4.63. The van der Waals surface area contributed by atoms with E-state index in [1.54, 1.807) is 7.11 Å². The third-order valence-corrected chi connectivity index (χ3v) is 5.20. The summed E-state index contributed by atoms with van der Waals surface area (Å²) in [5.74, 6) is 1.57. The maximum atomic E-state index is 5.40. The number of aromatic nitrogens is 1. The zero-order valence-corrected chi connectivity index (χ0v) is 14.2. The van der Waals surface area contributed by atoms with E-state index in [4.69, 9.17) is 4.74 Å². The molecule has 1 saturated heterocycles. The van der Waals surface area contributed by atoms with E-state index < -0.39 is 0 Å². The fourth-order valence-corrected chi connectivity index (χ4v) is 3.83. The highest BCUT2D eigenvalue weighted by molar-refractivity contribution is 5.85. The first kappa shape index (κ1) is 15.3. The van der Waals surface area contributed by atoms with Crippen LogP contribution in [-0.4, -0.2) is 30.1 Å². The van der Waals surface area contributed by atoms with Gasteiger partial charge in [0.2, 0.25) is 0 Å². The molecule has 24 heavy (non-hydrogen) atoms. The van der Waals surface area contributed by atoms with E-state index in [0.29, 0.717) is 5.92 Å². The van der Waals surface area contributed by atoms with Crippen molar-refractivity contribution in [3.05, 3.63) is 65.9 Å². The summed E-state index contributed by atoms with van der Waals surface area (Å²) >= 11 is 0. The number of nitrogens with zero attached hydrogens (tertiary/aromatic N) is 1. The number of hydrogen-bond donors (Lipinski definition) is 1. The Labute approximate surface area is 143 Å². The van der Waals surface area contributed by atoms with Crippen molar-refractivity contribution < 1.29 is 4.74 Å². The molecule has 0 aliphatic carbocycles. The molecule has 3 nitrogen and oxygen atoms in total. The normalized spacial score (nSPS) is 16.5. The number of nitrogens with one attached hydrogen (secondary N) is 1. The highest BCUT2D eigenvalue weighted by Crippen LogP contribution is 2.34. The second kappa shape index (κ2) is 6.70. The maximum absolute atomic E-state index is 5.40. The first-order valence-electron chi connectivity index (χ1n) is 8.75. The molecule has 1 fully saturated rings. The molecule has 4 rings (SSSR count). The number of methoxy groups -OCH3 is 1. The number of piperidine rings is 1. The van der Waals surface area contributed by atoms with Crippen LogP contribution in [0.5, 0.6) is 5.75 Å². The van der Waals surface area contributed by atoms with E-state index in [9.17, 15) is 0 Å². The first-order valence-corrected chi connectivity index (χ1v) is 8.75. The molecule has 124 valence electrons. The minimum atomic E-state index is 0.637. The molecule has 0 bridgehead atoms. The second-order valence-corrected chi connectivity index (χ2v) is 6.69. The van der Waals surface area contributed by atoms with Crippen LogP contribution in [0, 0.1) is 0 Å². The third-order valence-electron chi connectivity index (χ3n) is 5.20. The van der Waals surface area contributed by atoms with Crippen LogP contribution in [0.3, 0.4) is 0 Å². The van der Waals surface area contributed by atoms with E-state index >= 15 is 0 Å². The lowest BCUT2D eigenvalue weighted by molar-refractivity contribution is 0.205. The summed E-state index contributed by atoms with van der Waals surface area (Å²) in [4.78, 5) is 5.99. The summed E-state index contributed by atoms with van der Waals surface area (Å²) < 4.78 is 5.40. The molecule has 0 amide bonds. The second-order valence-electron chi connectivity index (χ2n) is 6.69. The largest absolute Gasteiger partial charge is 0.497 e. The fourth-order valence-electron chi connectivity index (χ4n) is 3.83. The van der Waals surface area contributed by atoms with Gasteiger partial charge in [-0.3, -0.25) is 4.90 Å². The van der Waals surface area contributed by atoms with Gasteiger partial charge in [-0.25, -0.2) is 0 Å². The van der Waals surface area contributed by atoms with Crippen molar-refractivity contribution in [1.82, 2.24) is 9.88 Å². The van der Waals surface area contributed by atoms with Gasteiger partial charge in [0.25, 0.3) is 0 Å². The van der Waals surface area contributed by atoms with Gasteiger partial charge in [-0.15, -0.1) is 0 Å². The van der Waals surface area contributed by atoms with Crippen LogP contribution in [0.1, 0.15) is 29.9 Å². The molecular formula is C21H24N2O. The van der Waals surface area contributed by atoms with Gasteiger partial charge in [-0.2, -0.15) is 0 Å². The predicted octanol–water partition coefficient (Wildman–Crippen LogP) is 4.56. The first-order chi connectivity index (χ1) is 11.8. The lowest BCUT2D eigenvalue weighted by Crippen LogP contribution is -2.32. The van der Waals surface area contributed by atoms with E-state index in [-0.39, 0.29) is 0 Å². The number of likely N-dealkylation sites (tertiary alicyclic amines) is 1. The average molecular weight is 320 g/mol. The van der Waals surface area contributed by atoms with E-state index in [0.717, 1.165) is 25.4 Å². The summed E-state index contributed by atoms with van der Waals surface area (Å²) in [7, 11) is 1.73. The van der Waals surface area contributed by atoms with Crippen LogP contribution < -0.4 is 4.74 Å². The van der Waals surface area contributed by atoms with Crippen LogP contribution in [0.4, 0.5) is 0 Å². The molecular weight excluding hydrogens is 296 g/mol. The number of benzene rings is 2. The molecule has 0 unspecified atom stereocenters. The van der Waals surface area contributed by atoms with Gasteiger partial charge < -0.3 is 9.72 Å². The number of aromatic amines is 1. The number of fused-ring (bicyclic) bond motifs is 1. The highest BCUT2D eigenvalue weighted by atomic mass is 16.5. The molecule has 1 aromatic heterocycles. The Morgan fingerprint density at radius 1 is 1.08 bits per heavy atom. The van der Waals surface area contributed by atoms with Crippen molar-refractivity contribution >= 4 is 10.9 Å². The fraction of sp³-hybridized carbons (Fsp3) is 0.333. The van der Waals surface area contributed by atoms with Crippen molar-refractivity contribution in [3.8, 4) is 5.75 Å². The summed E-state index contributed by atoms with van der Waals surface area (Å²) in [6.45, 7) is 3.39. The molecule has 3 aromatic rings. The zero-order valence-electron chi connectivity index (χ0n) is 14.2. The molecule has 2 aromatic carbocycles. The molecule has 1 N–H and O–H groups in total. The average Bonchev–Trinajstić information content (AvgIpc) is 3.06. The molecule has 0 atom stereocenters. The Hall–Kier alpha value is -2.26. The van der Waals surface area contributed by atoms with Gasteiger partial charge in [-0.05, 0) is 61.2 Å². The Morgan fingerprint density at radius 2 is 1.88 bits per heavy atom. The van der Waals surface area contributed by atoms with Gasteiger partial charge in [0, 0.05) is 23.6 Å². The smallest absolute Gasteiger partial charge is 0.119 e. The quantitative estimate of drug-likeness (QED) is 0.763. The van der Waals surface area contributed by atoms with Crippen LogP contribution in [-0.2, 0) is 6.54 Å². The summed E-state index contributed by atoms with van der Waals surface area (Å²) in [5, 5.41) is 1.32. The van der Waals surface area contributed by atoms with Crippen molar-refractivity contribution in [2.75, 3.05) is 20.2 Å². The molecule has 2 heterocycles. The monoisotopic (exact) mass is 320 g/mol. The summed E-state index contributed by atoms with van der Waals surface area (Å²) in [5.41, 5.74) is 4.06. The number of ether oxygens (including phenoxy) is 1. The predicted molar refractivity (Wildman–Crippen MR) is 98.5 cm³/mol. The van der Waals surface area contributed by atoms with Crippen LogP contribution >= 0.6 is 0 Å². The van der Waals surface area contributed by atoms with Gasteiger partial charge in [0.1, 0.15) is 5.75 Å². The van der Waals surface area contributed by atoms with E-state index in [1.807, 2.05) is 6.07 Å². The van der Waals surface area contributed by atoms with Crippen molar-refractivity contribution in [2.45, 2.75) is 25.3 Å². The maximum Gasteiger partial charge on any atom is 0.119 e. The third kappa shape index (κ3) is 3.04. The molecule has 1 aliphatic rings. The van der Waals surface area contributed by atoms with Gasteiger partial charge >= 0.3 is 0 Å². The van der Waals surface area contributed by atoms with E-state index in [2.05, 4.69) is 58.5 Å². The SMILES string of the molecule is COc1ccc2[nH]cc(C3CCN(Cc4ccccc4)CC3)c2c1. The minimum absolute atomic E-state index is 0.637. The topological polar surface area (TPSA) is 28.3 Å².